The number of aryl methyl sites for hydroxylation is 3. The molecular formula is C26H22Cl2N2O2. The van der Waals surface area contributed by atoms with Crippen LogP contribution in [-0.2, 0) is 16.1 Å². The van der Waals surface area contributed by atoms with E-state index in [1.807, 2.05) is 63.2 Å². The number of nitrogens with one attached hydrogen (secondary N) is 1. The fourth-order valence-corrected chi connectivity index (χ4v) is 4.03. The van der Waals surface area contributed by atoms with Crippen LogP contribution < -0.4 is 5.32 Å². The number of benzene rings is 3. The van der Waals surface area contributed by atoms with Crippen LogP contribution in [0.25, 0.3) is 5.57 Å². The van der Waals surface area contributed by atoms with E-state index in [0.29, 0.717) is 32.4 Å². The van der Waals surface area contributed by atoms with Gasteiger partial charge in [0.15, 0.2) is 0 Å². The average molecular weight is 465 g/mol. The molecule has 3 aromatic rings. The maximum Gasteiger partial charge on any atom is 0.278 e. The summed E-state index contributed by atoms with van der Waals surface area (Å²) in [7, 11) is 0. The summed E-state index contributed by atoms with van der Waals surface area (Å²) in [6.45, 7) is 5.99. The zero-order valence-corrected chi connectivity index (χ0v) is 19.5. The van der Waals surface area contributed by atoms with Gasteiger partial charge in [0.25, 0.3) is 11.8 Å². The van der Waals surface area contributed by atoms with Gasteiger partial charge in [0.2, 0.25) is 0 Å². The Balaban J connectivity index is 1.81. The fourth-order valence-electron chi connectivity index (χ4n) is 3.66. The van der Waals surface area contributed by atoms with Gasteiger partial charge in [-0.15, -0.1) is 0 Å². The molecule has 32 heavy (non-hydrogen) atoms. The molecule has 1 N–H and O–H groups in total. The van der Waals surface area contributed by atoms with Crippen molar-refractivity contribution in [3.63, 3.8) is 0 Å². The second-order valence-corrected chi connectivity index (χ2v) is 8.76. The topological polar surface area (TPSA) is 49.4 Å². The Labute approximate surface area is 197 Å². The van der Waals surface area contributed by atoms with Crippen LogP contribution in [0.1, 0.15) is 27.8 Å². The van der Waals surface area contributed by atoms with Crippen LogP contribution in [0.5, 0.6) is 0 Å². The fraction of sp³-hybridized carbons (Fsp3) is 0.154. The van der Waals surface area contributed by atoms with Crippen LogP contribution in [-0.4, -0.2) is 16.7 Å². The van der Waals surface area contributed by atoms with Gasteiger partial charge in [-0.2, -0.15) is 0 Å². The summed E-state index contributed by atoms with van der Waals surface area (Å²) >= 11 is 12.5. The van der Waals surface area contributed by atoms with Gasteiger partial charge in [-0.05, 0) is 66.8 Å². The van der Waals surface area contributed by atoms with Crippen LogP contribution in [0.15, 0.2) is 66.4 Å². The third-order valence-electron chi connectivity index (χ3n) is 5.71. The van der Waals surface area contributed by atoms with Crippen molar-refractivity contribution in [1.29, 1.82) is 0 Å². The van der Waals surface area contributed by atoms with Gasteiger partial charge in [0.05, 0.1) is 12.1 Å². The van der Waals surface area contributed by atoms with Gasteiger partial charge < -0.3 is 5.32 Å². The molecule has 0 aliphatic carbocycles. The molecule has 6 heteroatoms. The number of hydrogen-bond donors (Lipinski definition) is 1. The highest BCUT2D eigenvalue weighted by molar-refractivity contribution is 6.37. The van der Waals surface area contributed by atoms with Crippen LogP contribution in [0, 0.1) is 20.8 Å². The predicted octanol–water partition coefficient (Wildman–Crippen LogP) is 6.31. The monoisotopic (exact) mass is 464 g/mol. The number of amides is 2. The Bertz CT molecular complexity index is 1280. The zero-order chi connectivity index (χ0) is 23.0. The summed E-state index contributed by atoms with van der Waals surface area (Å²) < 4.78 is 0. The van der Waals surface area contributed by atoms with Crippen molar-refractivity contribution in [2.75, 3.05) is 5.32 Å². The molecule has 162 valence electrons. The molecular weight excluding hydrogens is 443 g/mol. The van der Waals surface area contributed by atoms with E-state index in [1.54, 1.807) is 18.2 Å². The minimum Gasteiger partial charge on any atom is -0.350 e. The molecule has 0 spiro atoms. The Morgan fingerprint density at radius 1 is 0.812 bits per heavy atom. The molecule has 1 aliphatic heterocycles. The predicted molar refractivity (Wildman–Crippen MR) is 130 cm³/mol. The number of nitrogens with zero attached hydrogens (tertiary/aromatic N) is 1. The number of hydrogen-bond acceptors (Lipinski definition) is 3. The second kappa shape index (κ2) is 8.81. The zero-order valence-electron chi connectivity index (χ0n) is 18.0. The summed E-state index contributed by atoms with van der Waals surface area (Å²) in [5.74, 6) is -0.761. The molecule has 0 atom stereocenters. The van der Waals surface area contributed by atoms with Crippen molar-refractivity contribution in [2.45, 2.75) is 27.3 Å². The highest BCUT2D eigenvalue weighted by Crippen LogP contribution is 2.34. The van der Waals surface area contributed by atoms with Crippen LogP contribution >= 0.6 is 23.2 Å². The quantitative estimate of drug-likeness (QED) is 0.449. The van der Waals surface area contributed by atoms with Crippen molar-refractivity contribution in [2.24, 2.45) is 0 Å². The van der Waals surface area contributed by atoms with Crippen molar-refractivity contribution in [3.8, 4) is 0 Å². The standard InChI is InChI=1S/C26H22Cl2N2O2/c1-15-8-10-18(12-17(15)3)23-24(29-22-13-20(27)11-9-16(22)2)26(32)30(25(23)31)14-19-6-4-5-7-21(19)28/h4-13,29H,14H2,1-3H3. The summed E-state index contributed by atoms with van der Waals surface area (Å²) in [5, 5.41) is 4.24. The Morgan fingerprint density at radius 3 is 2.25 bits per heavy atom. The first-order valence-electron chi connectivity index (χ1n) is 10.2. The van der Waals surface area contributed by atoms with Gasteiger partial charge in [0, 0.05) is 15.7 Å². The van der Waals surface area contributed by atoms with Gasteiger partial charge in [-0.25, -0.2) is 0 Å². The smallest absolute Gasteiger partial charge is 0.278 e. The molecule has 0 saturated carbocycles. The van der Waals surface area contributed by atoms with Gasteiger partial charge in [0.1, 0.15) is 5.70 Å². The molecule has 0 aromatic heterocycles. The molecule has 0 fully saturated rings. The van der Waals surface area contributed by atoms with Gasteiger partial charge in [-0.1, -0.05) is 65.7 Å². The number of anilines is 1. The van der Waals surface area contributed by atoms with Crippen molar-refractivity contribution in [3.05, 3.63) is 104 Å². The number of rotatable bonds is 5. The highest BCUT2D eigenvalue weighted by atomic mass is 35.5. The number of halogens is 2. The Morgan fingerprint density at radius 2 is 1.53 bits per heavy atom. The number of carbonyl (C=O) groups is 2. The summed E-state index contributed by atoms with van der Waals surface area (Å²) in [6, 6.07) is 18.3. The normalized spacial score (nSPS) is 13.8. The average Bonchev–Trinajstić information content (AvgIpc) is 2.98. The van der Waals surface area contributed by atoms with Gasteiger partial charge in [-0.3, -0.25) is 14.5 Å². The Kier molecular flexibility index (Phi) is 6.09. The molecule has 0 saturated heterocycles. The molecule has 2 amide bonds. The van der Waals surface area contributed by atoms with E-state index < -0.39 is 5.91 Å². The maximum absolute atomic E-state index is 13.5. The van der Waals surface area contributed by atoms with E-state index in [-0.39, 0.29) is 18.1 Å². The lowest BCUT2D eigenvalue weighted by Crippen LogP contribution is -2.32. The lowest BCUT2D eigenvalue weighted by atomic mass is 9.99. The molecule has 0 unspecified atom stereocenters. The van der Waals surface area contributed by atoms with Crippen molar-refractivity contribution < 1.29 is 9.59 Å². The van der Waals surface area contributed by atoms with Crippen molar-refractivity contribution in [1.82, 2.24) is 4.90 Å². The SMILES string of the molecule is Cc1ccc(C2=C(Nc3cc(Cl)ccc3C)C(=O)N(Cc3ccccc3Cl)C2=O)cc1C. The molecule has 1 heterocycles. The van der Waals surface area contributed by atoms with E-state index in [2.05, 4.69) is 5.32 Å². The summed E-state index contributed by atoms with van der Waals surface area (Å²) in [4.78, 5) is 28.2. The van der Waals surface area contributed by atoms with E-state index in [1.165, 1.54) is 4.90 Å². The number of imide groups is 1. The first kappa shape index (κ1) is 22.1. The molecule has 0 bridgehead atoms. The van der Waals surface area contributed by atoms with E-state index in [0.717, 1.165) is 16.7 Å². The third kappa shape index (κ3) is 4.16. The molecule has 1 aliphatic rings. The van der Waals surface area contributed by atoms with Crippen molar-refractivity contribution >= 4 is 46.3 Å². The highest BCUT2D eigenvalue weighted by Gasteiger charge is 2.39. The largest absolute Gasteiger partial charge is 0.350 e. The van der Waals surface area contributed by atoms with E-state index in [9.17, 15) is 9.59 Å². The second-order valence-electron chi connectivity index (χ2n) is 7.92. The number of carbonyl (C=O) groups excluding carboxylic acids is 2. The van der Waals surface area contributed by atoms with Crippen LogP contribution in [0.4, 0.5) is 5.69 Å². The van der Waals surface area contributed by atoms with Crippen LogP contribution in [0.2, 0.25) is 10.0 Å². The third-order valence-corrected chi connectivity index (χ3v) is 6.31. The lowest BCUT2D eigenvalue weighted by molar-refractivity contribution is -0.137. The van der Waals surface area contributed by atoms with E-state index >= 15 is 0 Å². The molecule has 3 aromatic carbocycles. The van der Waals surface area contributed by atoms with E-state index in [4.69, 9.17) is 23.2 Å². The molecule has 4 nitrogen and oxygen atoms in total. The molecule has 4 rings (SSSR count). The maximum atomic E-state index is 13.5. The summed E-state index contributed by atoms with van der Waals surface area (Å²) in [5.41, 5.74) is 5.70. The first-order valence-corrected chi connectivity index (χ1v) is 11.0. The summed E-state index contributed by atoms with van der Waals surface area (Å²) in [6.07, 6.45) is 0. The Hall–Kier alpha value is -3.08. The van der Waals surface area contributed by atoms with Crippen LogP contribution in [0.3, 0.4) is 0 Å². The lowest BCUT2D eigenvalue weighted by Gasteiger charge is -2.16. The molecule has 0 radical (unpaired) electrons. The minimum atomic E-state index is -0.400. The minimum absolute atomic E-state index is 0.0887. The van der Waals surface area contributed by atoms with Gasteiger partial charge >= 0.3 is 0 Å². The first-order chi connectivity index (χ1) is 15.3.